The molecule has 0 unspecified atom stereocenters. The van der Waals surface area contributed by atoms with Crippen LogP contribution in [0.5, 0.6) is 0 Å². The minimum atomic E-state index is -0.804. The largest absolute Gasteiger partial charge is 0.460 e. The van der Waals surface area contributed by atoms with Crippen molar-refractivity contribution in [2.75, 3.05) is 0 Å². The number of dihydropyridines is 1. The maximum atomic E-state index is 12.8. The standard InChI is InChI=1S/C20H22N2O5/c1-11(2)27-20(24)17-12(3)21-14-8-6-10-16(23)19(14)18(17)13-7-4-5-9-15(13)22(25)26/h4-5,7,9,11,18,21H,6,8,10H2,1-3H3/t18-/m0/s1. The van der Waals surface area contributed by atoms with Gasteiger partial charge < -0.3 is 10.1 Å². The molecule has 7 heteroatoms. The fraction of sp³-hybridized carbons (Fsp3) is 0.400. The van der Waals surface area contributed by atoms with Crippen LogP contribution in [0.1, 0.15) is 51.5 Å². The Balaban J connectivity index is 2.23. The second-order valence-electron chi connectivity index (χ2n) is 7.04. The molecule has 142 valence electrons. The highest BCUT2D eigenvalue weighted by Gasteiger charge is 2.41. The van der Waals surface area contributed by atoms with Gasteiger partial charge in [-0.25, -0.2) is 4.79 Å². The Bertz CT molecular complexity index is 882. The van der Waals surface area contributed by atoms with Crippen LogP contribution in [0.2, 0.25) is 0 Å². The van der Waals surface area contributed by atoms with E-state index >= 15 is 0 Å². The topological polar surface area (TPSA) is 98.5 Å². The summed E-state index contributed by atoms with van der Waals surface area (Å²) in [5.41, 5.74) is 2.23. The van der Waals surface area contributed by atoms with E-state index in [0.29, 0.717) is 36.1 Å². The van der Waals surface area contributed by atoms with Crippen LogP contribution in [0.4, 0.5) is 5.69 Å². The summed E-state index contributed by atoms with van der Waals surface area (Å²) < 4.78 is 5.39. The molecule has 0 amide bonds. The molecule has 3 rings (SSSR count). The van der Waals surface area contributed by atoms with Gasteiger partial charge in [0.15, 0.2) is 5.78 Å². The summed E-state index contributed by atoms with van der Waals surface area (Å²) >= 11 is 0. The summed E-state index contributed by atoms with van der Waals surface area (Å²) in [5.74, 6) is -1.46. The summed E-state index contributed by atoms with van der Waals surface area (Å²) in [7, 11) is 0. The van der Waals surface area contributed by atoms with Gasteiger partial charge in [0.1, 0.15) is 0 Å². The molecule has 0 aromatic heterocycles. The Morgan fingerprint density at radius 3 is 2.67 bits per heavy atom. The van der Waals surface area contributed by atoms with E-state index in [-0.39, 0.29) is 23.1 Å². The molecule has 1 aromatic rings. The number of hydrogen-bond donors (Lipinski definition) is 1. The number of ether oxygens (including phenoxy) is 1. The zero-order chi connectivity index (χ0) is 19.7. The van der Waals surface area contributed by atoms with Gasteiger partial charge >= 0.3 is 5.97 Å². The number of carbonyl (C=O) groups is 2. The van der Waals surface area contributed by atoms with Crippen molar-refractivity contribution in [2.24, 2.45) is 0 Å². The minimum absolute atomic E-state index is 0.0887. The van der Waals surface area contributed by atoms with Crippen molar-refractivity contribution in [2.45, 2.75) is 52.1 Å². The lowest BCUT2D eigenvalue weighted by Gasteiger charge is -2.34. The molecule has 0 saturated heterocycles. The first-order valence-corrected chi connectivity index (χ1v) is 8.99. The fourth-order valence-corrected chi connectivity index (χ4v) is 3.74. The first-order valence-electron chi connectivity index (χ1n) is 8.99. The van der Waals surface area contributed by atoms with Crippen LogP contribution >= 0.6 is 0 Å². The van der Waals surface area contributed by atoms with Gasteiger partial charge in [-0.2, -0.15) is 0 Å². The second-order valence-corrected chi connectivity index (χ2v) is 7.04. The fourth-order valence-electron chi connectivity index (χ4n) is 3.74. The Labute approximate surface area is 157 Å². The molecule has 27 heavy (non-hydrogen) atoms. The van der Waals surface area contributed by atoms with E-state index in [4.69, 9.17) is 4.74 Å². The Morgan fingerprint density at radius 2 is 2.00 bits per heavy atom. The normalized spacial score (nSPS) is 19.7. The average Bonchev–Trinajstić information content (AvgIpc) is 2.60. The van der Waals surface area contributed by atoms with Crippen molar-refractivity contribution in [1.29, 1.82) is 0 Å². The number of benzene rings is 1. The van der Waals surface area contributed by atoms with Gasteiger partial charge in [-0.05, 0) is 33.6 Å². The quantitative estimate of drug-likeness (QED) is 0.495. The molecule has 1 aliphatic carbocycles. The zero-order valence-corrected chi connectivity index (χ0v) is 15.6. The third kappa shape index (κ3) is 3.49. The summed E-state index contributed by atoms with van der Waals surface area (Å²) in [6.07, 6.45) is 1.40. The van der Waals surface area contributed by atoms with Crippen LogP contribution in [-0.4, -0.2) is 22.8 Å². The van der Waals surface area contributed by atoms with E-state index in [2.05, 4.69) is 5.32 Å². The third-order valence-electron chi connectivity index (χ3n) is 4.78. The smallest absolute Gasteiger partial charge is 0.337 e. The molecular formula is C20H22N2O5. The second kappa shape index (κ2) is 7.34. The van der Waals surface area contributed by atoms with Crippen molar-refractivity contribution in [3.63, 3.8) is 0 Å². The lowest BCUT2D eigenvalue weighted by molar-refractivity contribution is -0.385. The molecule has 0 bridgehead atoms. The van der Waals surface area contributed by atoms with Crippen molar-refractivity contribution in [3.8, 4) is 0 Å². The number of nitro benzene ring substituents is 1. The van der Waals surface area contributed by atoms with Crippen LogP contribution in [0.15, 0.2) is 46.8 Å². The van der Waals surface area contributed by atoms with Crippen LogP contribution < -0.4 is 5.32 Å². The number of allylic oxidation sites excluding steroid dienone is 3. The van der Waals surface area contributed by atoms with E-state index in [9.17, 15) is 19.7 Å². The highest BCUT2D eigenvalue weighted by atomic mass is 16.6. The molecule has 7 nitrogen and oxygen atoms in total. The predicted octanol–water partition coefficient (Wildman–Crippen LogP) is 3.51. The SMILES string of the molecule is CC1=C(C(=O)OC(C)C)[C@H](c2ccccc2[N+](=O)[O-])C2=C(CCCC2=O)N1. The van der Waals surface area contributed by atoms with Crippen LogP contribution in [0.3, 0.4) is 0 Å². The van der Waals surface area contributed by atoms with Crippen molar-refractivity contribution in [3.05, 3.63) is 62.5 Å². The number of esters is 1. The maximum absolute atomic E-state index is 12.8. The molecule has 0 radical (unpaired) electrons. The van der Waals surface area contributed by atoms with Crippen molar-refractivity contribution < 1.29 is 19.2 Å². The highest BCUT2D eigenvalue weighted by molar-refractivity contribution is 6.04. The molecule has 1 atom stereocenters. The summed E-state index contributed by atoms with van der Waals surface area (Å²) in [5, 5.41) is 14.8. The molecular weight excluding hydrogens is 348 g/mol. The number of ketones is 1. The first kappa shape index (κ1) is 18.8. The third-order valence-corrected chi connectivity index (χ3v) is 4.78. The number of carbonyl (C=O) groups excluding carboxylic acids is 2. The van der Waals surface area contributed by atoms with Crippen molar-refractivity contribution in [1.82, 2.24) is 5.32 Å². The van der Waals surface area contributed by atoms with Gasteiger partial charge in [0.05, 0.1) is 22.5 Å². The van der Waals surface area contributed by atoms with E-state index in [1.54, 1.807) is 39.0 Å². The Morgan fingerprint density at radius 1 is 1.30 bits per heavy atom. The van der Waals surface area contributed by atoms with Gasteiger partial charge in [-0.3, -0.25) is 14.9 Å². The highest BCUT2D eigenvalue weighted by Crippen LogP contribution is 2.45. The first-order chi connectivity index (χ1) is 12.8. The lowest BCUT2D eigenvalue weighted by atomic mass is 9.75. The molecule has 0 spiro atoms. The minimum Gasteiger partial charge on any atom is -0.460 e. The number of hydrogen-bond acceptors (Lipinski definition) is 6. The van der Waals surface area contributed by atoms with Crippen LogP contribution in [0, 0.1) is 10.1 Å². The number of nitrogens with one attached hydrogen (secondary N) is 1. The number of nitrogens with zero attached hydrogens (tertiary/aromatic N) is 1. The summed E-state index contributed by atoms with van der Waals surface area (Å²) in [4.78, 5) is 36.7. The molecule has 1 aromatic carbocycles. The molecule has 1 N–H and O–H groups in total. The van der Waals surface area contributed by atoms with Gasteiger partial charge in [0.25, 0.3) is 5.69 Å². The molecule has 2 aliphatic rings. The number of nitro groups is 1. The van der Waals surface area contributed by atoms with E-state index < -0.39 is 16.8 Å². The Kier molecular flexibility index (Phi) is 5.12. The number of Topliss-reactive ketones (excluding diaryl/α,β-unsaturated/α-hetero) is 1. The van der Waals surface area contributed by atoms with E-state index in [0.717, 1.165) is 5.70 Å². The van der Waals surface area contributed by atoms with E-state index in [1.807, 2.05) is 0 Å². The lowest BCUT2D eigenvalue weighted by Crippen LogP contribution is -2.35. The molecule has 0 fully saturated rings. The Hall–Kier alpha value is -2.96. The molecule has 1 aliphatic heterocycles. The predicted molar refractivity (Wildman–Crippen MR) is 98.8 cm³/mol. The van der Waals surface area contributed by atoms with Gasteiger partial charge in [0, 0.05) is 35.0 Å². The summed E-state index contributed by atoms with van der Waals surface area (Å²) in [6.45, 7) is 5.21. The summed E-state index contributed by atoms with van der Waals surface area (Å²) in [6, 6.07) is 6.25. The maximum Gasteiger partial charge on any atom is 0.337 e. The van der Waals surface area contributed by atoms with Crippen LogP contribution in [0.25, 0.3) is 0 Å². The van der Waals surface area contributed by atoms with Crippen molar-refractivity contribution >= 4 is 17.4 Å². The zero-order valence-electron chi connectivity index (χ0n) is 15.6. The van der Waals surface area contributed by atoms with Gasteiger partial charge in [0.2, 0.25) is 0 Å². The van der Waals surface area contributed by atoms with Gasteiger partial charge in [-0.15, -0.1) is 0 Å². The number of rotatable bonds is 4. The number of para-hydroxylation sites is 1. The monoisotopic (exact) mass is 370 g/mol. The molecule has 0 saturated carbocycles. The molecule has 1 heterocycles. The van der Waals surface area contributed by atoms with Crippen LogP contribution in [-0.2, 0) is 14.3 Å². The average molecular weight is 370 g/mol. The van der Waals surface area contributed by atoms with E-state index in [1.165, 1.54) is 6.07 Å². The van der Waals surface area contributed by atoms with Gasteiger partial charge in [-0.1, -0.05) is 18.2 Å².